The number of ether oxygens (including phenoxy) is 1. The van der Waals surface area contributed by atoms with Crippen LogP contribution in [0.4, 0.5) is 17.1 Å². The van der Waals surface area contributed by atoms with Crippen LogP contribution < -0.4 is 9.64 Å². The third-order valence-electron chi connectivity index (χ3n) is 4.98. The summed E-state index contributed by atoms with van der Waals surface area (Å²) in [7, 11) is 0. The highest BCUT2D eigenvalue weighted by atomic mass is 16.5. The number of nitrogens with zero attached hydrogens (tertiary/aromatic N) is 1. The van der Waals surface area contributed by atoms with Gasteiger partial charge in [-0.05, 0) is 98.1 Å². The van der Waals surface area contributed by atoms with Gasteiger partial charge in [0.25, 0.3) is 0 Å². The molecule has 5 heteroatoms. The number of hydrogen-bond donors (Lipinski definition) is 3. The molecule has 0 aliphatic rings. The number of phenolic OH excluding ortho intramolecular Hbond substituents is 3. The first kappa shape index (κ1) is 21.1. The van der Waals surface area contributed by atoms with Crippen LogP contribution in [0, 0.1) is 20.8 Å². The Hall–Kier alpha value is -4.12. The Morgan fingerprint density at radius 2 is 0.969 bits per heavy atom. The van der Waals surface area contributed by atoms with Gasteiger partial charge >= 0.3 is 0 Å². The van der Waals surface area contributed by atoms with E-state index in [2.05, 4.69) is 0 Å². The monoisotopic (exact) mass is 427 g/mol. The number of phenols is 3. The maximum absolute atomic E-state index is 10.2. The van der Waals surface area contributed by atoms with Crippen LogP contribution in [0.1, 0.15) is 16.7 Å². The van der Waals surface area contributed by atoms with Gasteiger partial charge in [0.2, 0.25) is 0 Å². The van der Waals surface area contributed by atoms with E-state index >= 15 is 0 Å². The summed E-state index contributed by atoms with van der Waals surface area (Å²) >= 11 is 0. The lowest BCUT2D eigenvalue weighted by molar-refractivity contribution is 0.454. The van der Waals surface area contributed by atoms with Crippen LogP contribution in [0.5, 0.6) is 28.7 Å². The zero-order valence-corrected chi connectivity index (χ0v) is 18.2. The number of hydrogen-bond acceptors (Lipinski definition) is 5. The molecule has 162 valence electrons. The fourth-order valence-electron chi connectivity index (χ4n) is 3.78. The minimum absolute atomic E-state index is 0.154. The normalized spacial score (nSPS) is 10.7. The SMILES string of the molecule is Cc1cc(O)cc(Oc2ccc(N(c3cc(C)cc(O)c3)c3cc(C)cc(O)c3)cc2)c1. The zero-order valence-electron chi connectivity index (χ0n) is 18.2. The van der Waals surface area contributed by atoms with E-state index in [-0.39, 0.29) is 17.2 Å². The van der Waals surface area contributed by atoms with Crippen molar-refractivity contribution in [3.05, 3.63) is 95.6 Å². The molecule has 0 radical (unpaired) electrons. The second-order valence-corrected chi connectivity index (χ2v) is 7.99. The first-order chi connectivity index (χ1) is 15.3. The molecule has 5 nitrogen and oxygen atoms in total. The number of benzene rings is 4. The predicted octanol–water partition coefficient (Wildman–Crippen LogP) is 6.99. The van der Waals surface area contributed by atoms with Crippen LogP contribution in [0.25, 0.3) is 0 Å². The van der Waals surface area contributed by atoms with Gasteiger partial charge in [-0.15, -0.1) is 0 Å². The maximum atomic E-state index is 10.2. The molecule has 4 rings (SSSR count). The van der Waals surface area contributed by atoms with Crippen molar-refractivity contribution in [3.8, 4) is 28.7 Å². The molecule has 0 saturated heterocycles. The van der Waals surface area contributed by atoms with E-state index in [4.69, 9.17) is 4.74 Å². The average molecular weight is 428 g/mol. The van der Waals surface area contributed by atoms with Crippen molar-refractivity contribution in [1.29, 1.82) is 0 Å². The molecule has 32 heavy (non-hydrogen) atoms. The molecule has 4 aromatic carbocycles. The lowest BCUT2D eigenvalue weighted by atomic mass is 10.1. The Morgan fingerprint density at radius 1 is 0.500 bits per heavy atom. The molecule has 0 amide bonds. The van der Waals surface area contributed by atoms with Gasteiger partial charge in [-0.3, -0.25) is 0 Å². The van der Waals surface area contributed by atoms with E-state index in [1.807, 2.05) is 68.1 Å². The molecule has 0 bridgehead atoms. The van der Waals surface area contributed by atoms with E-state index in [0.29, 0.717) is 11.5 Å². The van der Waals surface area contributed by atoms with Crippen LogP contribution in [0.3, 0.4) is 0 Å². The standard InChI is InChI=1S/C27H25NO4/c1-17-8-21(14-23(29)10-17)28(22-9-18(2)11-24(30)15-22)20-4-6-26(7-5-20)32-27-13-19(3)12-25(31)16-27/h4-16,29-31H,1-3H3. The van der Waals surface area contributed by atoms with Crippen molar-refractivity contribution in [3.63, 3.8) is 0 Å². The molecule has 0 fully saturated rings. The summed E-state index contributed by atoms with van der Waals surface area (Å²) in [6, 6.07) is 23.3. The van der Waals surface area contributed by atoms with Crippen molar-refractivity contribution in [1.82, 2.24) is 0 Å². The van der Waals surface area contributed by atoms with Crippen molar-refractivity contribution >= 4 is 17.1 Å². The lowest BCUT2D eigenvalue weighted by Crippen LogP contribution is -2.10. The highest BCUT2D eigenvalue weighted by molar-refractivity contribution is 5.78. The largest absolute Gasteiger partial charge is 0.508 e. The number of anilines is 3. The van der Waals surface area contributed by atoms with Gasteiger partial charge in [0.05, 0.1) is 11.4 Å². The van der Waals surface area contributed by atoms with Gasteiger partial charge in [0.15, 0.2) is 0 Å². The van der Waals surface area contributed by atoms with E-state index in [9.17, 15) is 15.3 Å². The summed E-state index contributed by atoms with van der Waals surface area (Å²) in [5.74, 6) is 1.67. The third-order valence-corrected chi connectivity index (χ3v) is 4.98. The Kier molecular flexibility index (Phi) is 5.65. The van der Waals surface area contributed by atoms with Crippen molar-refractivity contribution < 1.29 is 20.1 Å². The minimum Gasteiger partial charge on any atom is -0.508 e. The molecule has 4 aromatic rings. The highest BCUT2D eigenvalue weighted by Gasteiger charge is 2.15. The first-order valence-electron chi connectivity index (χ1n) is 10.3. The molecule has 0 spiro atoms. The van der Waals surface area contributed by atoms with Crippen LogP contribution in [0.2, 0.25) is 0 Å². The topological polar surface area (TPSA) is 73.2 Å². The van der Waals surface area contributed by atoms with Crippen molar-refractivity contribution in [2.75, 3.05) is 4.90 Å². The average Bonchev–Trinajstić information content (AvgIpc) is 2.67. The first-order valence-corrected chi connectivity index (χ1v) is 10.3. The van der Waals surface area contributed by atoms with Crippen LogP contribution in [0.15, 0.2) is 78.9 Å². The Balaban J connectivity index is 1.74. The summed E-state index contributed by atoms with van der Waals surface area (Å²) in [4.78, 5) is 1.96. The summed E-state index contributed by atoms with van der Waals surface area (Å²) in [5.41, 5.74) is 5.11. The van der Waals surface area contributed by atoms with Gasteiger partial charge in [-0.25, -0.2) is 0 Å². The highest BCUT2D eigenvalue weighted by Crippen LogP contribution is 2.39. The van der Waals surface area contributed by atoms with Crippen LogP contribution >= 0.6 is 0 Å². The molecular weight excluding hydrogens is 402 g/mol. The van der Waals surface area contributed by atoms with Gasteiger partial charge in [-0.1, -0.05) is 0 Å². The van der Waals surface area contributed by atoms with E-state index < -0.39 is 0 Å². The van der Waals surface area contributed by atoms with Gasteiger partial charge in [0.1, 0.15) is 28.7 Å². The van der Waals surface area contributed by atoms with E-state index in [0.717, 1.165) is 33.8 Å². The Bertz CT molecular complexity index is 1150. The fourth-order valence-corrected chi connectivity index (χ4v) is 3.78. The Labute approximate surface area is 187 Å². The molecule has 0 aromatic heterocycles. The van der Waals surface area contributed by atoms with Gasteiger partial charge in [-0.2, -0.15) is 0 Å². The van der Waals surface area contributed by atoms with Crippen molar-refractivity contribution in [2.45, 2.75) is 20.8 Å². The second kappa shape index (κ2) is 8.55. The molecule has 0 unspecified atom stereocenters. The molecule has 0 aliphatic heterocycles. The molecule has 0 aliphatic carbocycles. The van der Waals surface area contributed by atoms with Gasteiger partial charge < -0.3 is 25.0 Å². The quantitative estimate of drug-likeness (QED) is 0.320. The zero-order chi connectivity index (χ0) is 22.8. The number of rotatable bonds is 5. The second-order valence-electron chi connectivity index (χ2n) is 7.99. The summed E-state index contributed by atoms with van der Waals surface area (Å²) in [6.07, 6.45) is 0. The van der Waals surface area contributed by atoms with Crippen molar-refractivity contribution in [2.24, 2.45) is 0 Å². The molecule has 0 atom stereocenters. The molecule has 3 N–H and O–H groups in total. The fraction of sp³-hybridized carbons (Fsp3) is 0.111. The minimum atomic E-state index is 0.154. The summed E-state index contributed by atoms with van der Waals surface area (Å²) < 4.78 is 5.90. The number of aromatic hydroxyl groups is 3. The summed E-state index contributed by atoms with van der Waals surface area (Å²) in [5, 5.41) is 30.2. The maximum Gasteiger partial charge on any atom is 0.131 e. The van der Waals surface area contributed by atoms with Crippen LogP contribution in [-0.4, -0.2) is 15.3 Å². The molecular formula is C27H25NO4. The molecule has 0 saturated carbocycles. The van der Waals surface area contributed by atoms with Gasteiger partial charge in [0, 0.05) is 23.9 Å². The Morgan fingerprint density at radius 3 is 1.44 bits per heavy atom. The van der Waals surface area contributed by atoms with E-state index in [1.165, 1.54) is 0 Å². The lowest BCUT2D eigenvalue weighted by Gasteiger charge is -2.26. The van der Waals surface area contributed by atoms with Crippen LogP contribution in [-0.2, 0) is 0 Å². The number of aryl methyl sites for hydroxylation is 3. The molecule has 0 heterocycles. The smallest absolute Gasteiger partial charge is 0.131 e. The summed E-state index contributed by atoms with van der Waals surface area (Å²) in [6.45, 7) is 5.73. The third kappa shape index (κ3) is 4.78. The van der Waals surface area contributed by atoms with E-state index in [1.54, 1.807) is 36.4 Å². The predicted molar refractivity (Wildman–Crippen MR) is 127 cm³/mol.